The Bertz CT molecular complexity index is 1330. The largest absolute Gasteiger partial charge is 0.333 e. The van der Waals surface area contributed by atoms with Crippen molar-refractivity contribution in [3.05, 3.63) is 56.0 Å². The van der Waals surface area contributed by atoms with Crippen molar-refractivity contribution in [1.82, 2.24) is 15.8 Å². The molecule has 0 aliphatic carbocycles. The fraction of sp³-hybridized carbons (Fsp3) is 0.333. The Labute approximate surface area is 232 Å². The minimum Gasteiger partial charge on any atom is -0.307 e. The third kappa shape index (κ3) is 4.23. The Morgan fingerprint density at radius 1 is 0.973 bits per heavy atom. The van der Waals surface area contributed by atoms with Gasteiger partial charge in [0.15, 0.2) is 0 Å². The number of anilines is 2. The molecule has 2 fully saturated rings. The summed E-state index contributed by atoms with van der Waals surface area (Å²) < 4.78 is 0. The van der Waals surface area contributed by atoms with E-state index in [0.29, 0.717) is 28.6 Å². The van der Waals surface area contributed by atoms with Crippen LogP contribution in [0.5, 0.6) is 0 Å². The smallest absolute Gasteiger partial charge is 0.307 e. The monoisotopic (exact) mass is 583 g/mol. The number of rotatable bonds is 2. The van der Waals surface area contributed by atoms with Crippen LogP contribution in [0.2, 0.25) is 20.1 Å². The van der Waals surface area contributed by atoms with E-state index in [0.717, 1.165) is 17.7 Å². The van der Waals surface area contributed by atoms with E-state index in [9.17, 15) is 19.2 Å². The lowest BCUT2D eigenvalue weighted by molar-refractivity contribution is -0.139. The topological polar surface area (TPSA) is 111 Å². The number of amides is 5. The van der Waals surface area contributed by atoms with Gasteiger partial charge in [0, 0.05) is 39.3 Å². The molecule has 2 saturated heterocycles. The fourth-order valence-corrected chi connectivity index (χ4v) is 6.91. The zero-order valence-electron chi connectivity index (χ0n) is 19.4. The minimum absolute atomic E-state index is 0.0793. The first-order valence-electron chi connectivity index (χ1n) is 11.5. The van der Waals surface area contributed by atoms with Crippen molar-refractivity contribution in [2.75, 3.05) is 16.8 Å². The standard InChI is InChI=1S/C24H21Cl4N5O4/c1-11(34)30-31-21(35)18-10-16-3-2-4-32(16)24(18)17-8-14(27)9-19(28)20(17)33(22(24)36)23(37)29-15-6-12(25)5-13(26)7-15/h5-9,16,18H,2-4,10H2,1H3,(H,29,37)(H,30,34)(H,31,35)/t16-,18-,24?/m1/s1. The first-order chi connectivity index (χ1) is 17.5. The van der Waals surface area contributed by atoms with Gasteiger partial charge in [-0.1, -0.05) is 46.4 Å². The Morgan fingerprint density at radius 2 is 1.65 bits per heavy atom. The van der Waals surface area contributed by atoms with Crippen LogP contribution in [0.25, 0.3) is 0 Å². The third-order valence-corrected chi connectivity index (χ3v) is 7.97. The zero-order chi connectivity index (χ0) is 26.6. The maximum atomic E-state index is 14.4. The van der Waals surface area contributed by atoms with Crippen LogP contribution in [-0.2, 0) is 19.9 Å². The summed E-state index contributed by atoms with van der Waals surface area (Å²) in [5.74, 6) is -2.58. The summed E-state index contributed by atoms with van der Waals surface area (Å²) in [6.45, 7) is 1.79. The van der Waals surface area contributed by atoms with E-state index in [1.54, 1.807) is 6.07 Å². The van der Waals surface area contributed by atoms with Crippen LogP contribution in [0.4, 0.5) is 16.2 Å². The van der Waals surface area contributed by atoms with Crippen LogP contribution in [-0.4, -0.2) is 41.2 Å². The van der Waals surface area contributed by atoms with Gasteiger partial charge in [-0.2, -0.15) is 0 Å². The van der Waals surface area contributed by atoms with Crippen molar-refractivity contribution in [2.24, 2.45) is 5.92 Å². The number of carbonyl (C=O) groups excluding carboxylic acids is 4. The second-order valence-electron chi connectivity index (χ2n) is 9.23. The van der Waals surface area contributed by atoms with Gasteiger partial charge in [0.1, 0.15) is 5.54 Å². The molecular formula is C24H21Cl4N5O4. The molecule has 0 radical (unpaired) electrons. The van der Waals surface area contributed by atoms with Crippen molar-refractivity contribution in [2.45, 2.75) is 37.8 Å². The van der Waals surface area contributed by atoms with Gasteiger partial charge in [-0.15, -0.1) is 0 Å². The maximum absolute atomic E-state index is 14.4. The highest BCUT2D eigenvalue weighted by atomic mass is 35.5. The third-order valence-electron chi connectivity index (χ3n) is 7.03. The lowest BCUT2D eigenvalue weighted by Crippen LogP contribution is -2.58. The molecule has 3 N–H and O–H groups in total. The number of nitrogens with one attached hydrogen (secondary N) is 3. The van der Waals surface area contributed by atoms with E-state index in [-0.39, 0.29) is 27.5 Å². The number of halogens is 4. The predicted molar refractivity (Wildman–Crippen MR) is 141 cm³/mol. The second-order valence-corrected chi connectivity index (χ2v) is 10.9. The molecule has 13 heteroatoms. The summed E-state index contributed by atoms with van der Waals surface area (Å²) in [6.07, 6.45) is 1.94. The Kier molecular flexibility index (Phi) is 6.79. The molecular weight excluding hydrogens is 564 g/mol. The van der Waals surface area contributed by atoms with Crippen LogP contribution in [0, 0.1) is 5.92 Å². The van der Waals surface area contributed by atoms with Gasteiger partial charge in [-0.3, -0.25) is 30.1 Å². The molecule has 5 rings (SSSR count). The highest BCUT2D eigenvalue weighted by Gasteiger charge is 2.68. The van der Waals surface area contributed by atoms with Crippen LogP contribution in [0.3, 0.4) is 0 Å². The molecule has 2 aromatic carbocycles. The fourth-order valence-electron chi connectivity index (χ4n) is 5.81. The highest BCUT2D eigenvalue weighted by molar-refractivity contribution is 6.40. The number of hydrazine groups is 1. The average Bonchev–Trinajstić information content (AvgIpc) is 3.45. The lowest BCUT2D eigenvalue weighted by atomic mass is 9.78. The second kappa shape index (κ2) is 9.63. The SMILES string of the molecule is CC(=O)NNC(=O)[C@H]1C[C@H]2CCCN2C12C(=O)N(C(=O)Nc1cc(Cl)cc(Cl)c1)c1c(Cl)cc(Cl)cc12. The van der Waals surface area contributed by atoms with Gasteiger partial charge >= 0.3 is 6.03 Å². The molecule has 5 amide bonds. The molecule has 9 nitrogen and oxygen atoms in total. The molecule has 3 aliphatic rings. The van der Waals surface area contributed by atoms with Gasteiger partial charge in [0.2, 0.25) is 11.8 Å². The van der Waals surface area contributed by atoms with Crippen LogP contribution in [0.1, 0.15) is 31.7 Å². The number of benzene rings is 2. The summed E-state index contributed by atoms with van der Waals surface area (Å²) in [6, 6.07) is 6.61. The van der Waals surface area contributed by atoms with E-state index in [2.05, 4.69) is 16.2 Å². The molecule has 1 spiro atoms. The molecule has 3 heterocycles. The van der Waals surface area contributed by atoms with Gasteiger partial charge < -0.3 is 5.32 Å². The van der Waals surface area contributed by atoms with Gasteiger partial charge in [0.05, 0.1) is 16.6 Å². The molecule has 37 heavy (non-hydrogen) atoms. The number of nitrogens with zero attached hydrogens (tertiary/aromatic N) is 2. The summed E-state index contributed by atoms with van der Waals surface area (Å²) in [5.41, 5.74) is 3.94. The summed E-state index contributed by atoms with van der Waals surface area (Å²) >= 11 is 25.1. The van der Waals surface area contributed by atoms with Crippen molar-refractivity contribution >= 4 is 81.5 Å². The van der Waals surface area contributed by atoms with Crippen molar-refractivity contribution in [3.63, 3.8) is 0 Å². The summed E-state index contributed by atoms with van der Waals surface area (Å²) in [5, 5.41) is 3.58. The van der Waals surface area contributed by atoms with Gasteiger partial charge in [0.25, 0.3) is 5.91 Å². The molecule has 3 aliphatic heterocycles. The predicted octanol–water partition coefficient (Wildman–Crippen LogP) is 4.73. The molecule has 0 saturated carbocycles. The molecule has 0 bridgehead atoms. The van der Waals surface area contributed by atoms with E-state index in [1.807, 2.05) is 4.90 Å². The van der Waals surface area contributed by atoms with E-state index in [1.165, 1.54) is 31.2 Å². The summed E-state index contributed by atoms with van der Waals surface area (Å²) in [4.78, 5) is 55.8. The van der Waals surface area contributed by atoms with E-state index < -0.39 is 35.2 Å². The number of fused-ring (bicyclic) bond motifs is 4. The number of hydrogen-bond donors (Lipinski definition) is 3. The molecule has 1 unspecified atom stereocenters. The van der Waals surface area contributed by atoms with Crippen LogP contribution < -0.4 is 21.1 Å². The van der Waals surface area contributed by atoms with E-state index in [4.69, 9.17) is 46.4 Å². The van der Waals surface area contributed by atoms with E-state index >= 15 is 0 Å². The molecule has 194 valence electrons. The first kappa shape index (κ1) is 26.1. The Hall–Kier alpha value is -2.56. The highest BCUT2D eigenvalue weighted by Crippen LogP contribution is 2.59. The minimum atomic E-state index is -1.54. The zero-order valence-corrected chi connectivity index (χ0v) is 22.4. The van der Waals surface area contributed by atoms with Crippen LogP contribution >= 0.6 is 46.4 Å². The quantitative estimate of drug-likeness (QED) is 0.442. The number of imide groups is 1. The van der Waals surface area contributed by atoms with Crippen molar-refractivity contribution in [3.8, 4) is 0 Å². The number of hydrogen-bond acceptors (Lipinski definition) is 5. The molecule has 3 atom stereocenters. The lowest BCUT2D eigenvalue weighted by Gasteiger charge is -2.37. The van der Waals surface area contributed by atoms with Crippen molar-refractivity contribution < 1.29 is 19.2 Å². The molecule has 0 aromatic heterocycles. The maximum Gasteiger partial charge on any atom is 0.333 e. The van der Waals surface area contributed by atoms with Crippen molar-refractivity contribution in [1.29, 1.82) is 0 Å². The Balaban J connectivity index is 1.64. The summed E-state index contributed by atoms with van der Waals surface area (Å²) in [7, 11) is 0. The van der Waals surface area contributed by atoms with Crippen LogP contribution in [0.15, 0.2) is 30.3 Å². The number of carbonyl (C=O) groups is 4. The molecule has 2 aromatic rings. The van der Waals surface area contributed by atoms with Gasteiger partial charge in [-0.05, 0) is 56.1 Å². The normalized spacial score (nSPS) is 24.2. The Morgan fingerprint density at radius 3 is 2.32 bits per heavy atom. The number of urea groups is 1. The van der Waals surface area contributed by atoms with Gasteiger partial charge in [-0.25, -0.2) is 9.69 Å². The first-order valence-corrected chi connectivity index (χ1v) is 13.0. The average molecular weight is 585 g/mol.